The number of hydrogen-bond donors (Lipinski definition) is 1. The van der Waals surface area contributed by atoms with Crippen LogP contribution in [0.1, 0.15) is 53.2 Å². The zero-order valence-corrected chi connectivity index (χ0v) is 14.6. The number of benzene rings is 2. The third kappa shape index (κ3) is 2.11. The van der Waals surface area contributed by atoms with Crippen LogP contribution in [-0.4, -0.2) is 33.1 Å². The van der Waals surface area contributed by atoms with Gasteiger partial charge in [-0.2, -0.15) is 0 Å². The van der Waals surface area contributed by atoms with Crippen molar-refractivity contribution >= 4 is 23.1 Å². The van der Waals surface area contributed by atoms with Crippen LogP contribution >= 0.6 is 0 Å². The van der Waals surface area contributed by atoms with Crippen molar-refractivity contribution in [1.29, 1.82) is 0 Å². The predicted octanol–water partition coefficient (Wildman–Crippen LogP) is 2.88. The lowest BCUT2D eigenvalue weighted by Gasteiger charge is -2.23. The Balaban J connectivity index is 1.66. The number of H-pyrrole nitrogens is 1. The number of hydrogen-bond acceptors (Lipinski definition) is 5. The highest BCUT2D eigenvalue weighted by Gasteiger charge is 2.54. The second kappa shape index (κ2) is 5.92. The summed E-state index contributed by atoms with van der Waals surface area (Å²) in [6.07, 6.45) is 3.03. The number of nitrogens with one attached hydrogen (secondary N) is 1. The van der Waals surface area contributed by atoms with Crippen LogP contribution in [0.4, 0.5) is 0 Å². The molecule has 2 aliphatic carbocycles. The molecule has 0 unspecified atom stereocenters. The molecule has 0 spiro atoms. The molecule has 2 aromatic carbocycles. The number of rotatable bonds is 3. The van der Waals surface area contributed by atoms with Crippen LogP contribution in [0.3, 0.4) is 0 Å². The van der Waals surface area contributed by atoms with Crippen molar-refractivity contribution in [2.75, 3.05) is 0 Å². The number of fused-ring (bicyclic) bond motifs is 2. The fourth-order valence-corrected chi connectivity index (χ4v) is 4.35. The van der Waals surface area contributed by atoms with Crippen molar-refractivity contribution in [3.8, 4) is 0 Å². The third-order valence-corrected chi connectivity index (χ3v) is 5.60. The van der Waals surface area contributed by atoms with Crippen LogP contribution in [0.5, 0.6) is 0 Å². The van der Waals surface area contributed by atoms with Crippen molar-refractivity contribution in [2.45, 2.75) is 5.92 Å². The van der Waals surface area contributed by atoms with E-state index in [9.17, 15) is 19.2 Å². The predicted molar refractivity (Wildman–Crippen MR) is 98.5 cm³/mol. The van der Waals surface area contributed by atoms with Gasteiger partial charge in [0.1, 0.15) is 5.82 Å². The van der Waals surface area contributed by atoms with Gasteiger partial charge in [-0.3, -0.25) is 19.2 Å². The molecule has 3 aromatic rings. The Morgan fingerprint density at radius 1 is 0.679 bits per heavy atom. The van der Waals surface area contributed by atoms with Crippen LogP contribution in [0.2, 0.25) is 0 Å². The minimum absolute atomic E-state index is 0.291. The van der Waals surface area contributed by atoms with E-state index in [1.54, 1.807) is 54.7 Å². The SMILES string of the molecule is O=C1c2ccccc2C(=O)C1C(c1ncc[nH]1)C1C(=O)c2ccccc2C1=O. The maximum absolute atomic E-state index is 13.1. The van der Waals surface area contributed by atoms with Gasteiger partial charge in [-0.1, -0.05) is 48.5 Å². The molecule has 0 atom stereocenters. The Hall–Kier alpha value is -3.67. The number of aromatic amines is 1. The van der Waals surface area contributed by atoms with Crippen molar-refractivity contribution in [2.24, 2.45) is 11.8 Å². The zero-order valence-electron chi connectivity index (χ0n) is 14.6. The highest BCUT2D eigenvalue weighted by Crippen LogP contribution is 2.44. The van der Waals surface area contributed by atoms with Gasteiger partial charge in [0.15, 0.2) is 23.1 Å². The quantitative estimate of drug-likeness (QED) is 0.715. The van der Waals surface area contributed by atoms with E-state index in [0.717, 1.165) is 0 Å². The number of carbonyl (C=O) groups is 4. The molecule has 0 fully saturated rings. The lowest BCUT2D eigenvalue weighted by molar-refractivity contribution is 0.0723. The molecule has 1 aromatic heterocycles. The van der Waals surface area contributed by atoms with Crippen molar-refractivity contribution < 1.29 is 19.2 Å². The van der Waals surface area contributed by atoms with E-state index in [0.29, 0.717) is 28.1 Å². The molecular weight excluding hydrogens is 356 g/mol. The van der Waals surface area contributed by atoms with Crippen LogP contribution in [0.25, 0.3) is 0 Å². The van der Waals surface area contributed by atoms with E-state index in [-0.39, 0.29) is 23.1 Å². The molecule has 5 rings (SSSR count). The van der Waals surface area contributed by atoms with Gasteiger partial charge in [-0.05, 0) is 0 Å². The van der Waals surface area contributed by atoms with Crippen LogP contribution in [-0.2, 0) is 0 Å². The van der Waals surface area contributed by atoms with E-state index in [4.69, 9.17) is 0 Å². The summed E-state index contributed by atoms with van der Waals surface area (Å²) < 4.78 is 0. The number of ketones is 4. The molecule has 6 heteroatoms. The Morgan fingerprint density at radius 2 is 1.07 bits per heavy atom. The third-order valence-electron chi connectivity index (χ3n) is 5.60. The fourth-order valence-electron chi connectivity index (χ4n) is 4.35. The summed E-state index contributed by atoms with van der Waals surface area (Å²) in [5.74, 6) is -4.51. The van der Waals surface area contributed by atoms with Gasteiger partial charge >= 0.3 is 0 Å². The first kappa shape index (κ1) is 16.5. The monoisotopic (exact) mass is 370 g/mol. The first-order valence-electron chi connectivity index (χ1n) is 8.94. The van der Waals surface area contributed by atoms with Gasteiger partial charge in [-0.25, -0.2) is 4.98 Å². The van der Waals surface area contributed by atoms with E-state index in [1.807, 2.05) is 0 Å². The molecule has 0 radical (unpaired) electrons. The number of Topliss-reactive ketones (excluding diaryl/α,β-unsaturated/α-hetero) is 4. The summed E-state index contributed by atoms with van der Waals surface area (Å²) in [5.41, 5.74) is 1.29. The maximum Gasteiger partial charge on any atom is 0.175 e. The number of aromatic nitrogens is 2. The summed E-state index contributed by atoms with van der Waals surface area (Å²) >= 11 is 0. The van der Waals surface area contributed by atoms with Crippen molar-refractivity contribution in [1.82, 2.24) is 9.97 Å². The molecule has 0 aliphatic heterocycles. The Morgan fingerprint density at radius 3 is 1.39 bits per heavy atom. The maximum atomic E-state index is 13.1. The average molecular weight is 370 g/mol. The molecule has 0 saturated heterocycles. The van der Waals surface area contributed by atoms with E-state index in [1.165, 1.54) is 6.20 Å². The van der Waals surface area contributed by atoms with Gasteiger partial charge in [0.2, 0.25) is 0 Å². The lowest BCUT2D eigenvalue weighted by atomic mass is 9.76. The Labute approximate surface area is 159 Å². The minimum atomic E-state index is -1.16. The largest absolute Gasteiger partial charge is 0.348 e. The molecule has 0 bridgehead atoms. The first-order chi connectivity index (χ1) is 13.6. The summed E-state index contributed by atoms with van der Waals surface area (Å²) in [6, 6.07) is 13.2. The molecule has 1 heterocycles. The van der Waals surface area contributed by atoms with Gasteiger partial charge in [0.05, 0.1) is 17.8 Å². The summed E-state index contributed by atoms with van der Waals surface area (Å²) in [5, 5.41) is 0. The fraction of sp³-hybridized carbons (Fsp3) is 0.136. The van der Waals surface area contributed by atoms with Crippen LogP contribution < -0.4 is 0 Å². The molecule has 0 saturated carbocycles. The molecule has 136 valence electrons. The summed E-state index contributed by atoms with van der Waals surface area (Å²) in [4.78, 5) is 59.5. The van der Waals surface area contributed by atoms with E-state index >= 15 is 0 Å². The smallest absolute Gasteiger partial charge is 0.175 e. The van der Waals surface area contributed by atoms with E-state index < -0.39 is 17.8 Å². The molecule has 6 nitrogen and oxygen atoms in total. The number of imidazole rings is 1. The van der Waals surface area contributed by atoms with Crippen LogP contribution in [0.15, 0.2) is 60.9 Å². The molecular formula is C22H14N2O4. The lowest BCUT2D eigenvalue weighted by Crippen LogP contribution is -2.35. The molecule has 1 N–H and O–H groups in total. The van der Waals surface area contributed by atoms with Crippen molar-refractivity contribution in [3.63, 3.8) is 0 Å². The normalized spacial score (nSPS) is 16.9. The van der Waals surface area contributed by atoms with Crippen molar-refractivity contribution in [3.05, 3.63) is 89.0 Å². The first-order valence-corrected chi connectivity index (χ1v) is 8.94. The molecule has 28 heavy (non-hydrogen) atoms. The molecule has 0 amide bonds. The van der Waals surface area contributed by atoms with Gasteiger partial charge in [-0.15, -0.1) is 0 Å². The van der Waals surface area contributed by atoms with Gasteiger partial charge < -0.3 is 4.98 Å². The number of carbonyl (C=O) groups excluding carboxylic acids is 4. The standard InChI is InChI=1S/C22H14N2O4/c25-18-11-5-1-2-6-12(11)19(26)16(18)15(22-23-9-10-24-22)17-20(27)13-7-3-4-8-14(13)21(17)28/h1-10,15-17H,(H,23,24). The average Bonchev–Trinajstić information content (AvgIpc) is 3.40. The highest BCUT2D eigenvalue weighted by atomic mass is 16.2. The Kier molecular flexibility index (Phi) is 3.49. The zero-order chi connectivity index (χ0) is 19.4. The Bertz CT molecular complexity index is 1020. The van der Waals surface area contributed by atoms with Gasteiger partial charge in [0.25, 0.3) is 0 Å². The topological polar surface area (TPSA) is 97.0 Å². The van der Waals surface area contributed by atoms with Gasteiger partial charge in [0, 0.05) is 34.6 Å². The number of nitrogens with zero attached hydrogens (tertiary/aromatic N) is 1. The van der Waals surface area contributed by atoms with E-state index in [2.05, 4.69) is 9.97 Å². The molecule has 2 aliphatic rings. The second-order valence-corrected chi connectivity index (χ2v) is 7.00. The minimum Gasteiger partial charge on any atom is -0.348 e. The second-order valence-electron chi connectivity index (χ2n) is 7.00. The summed E-state index contributed by atoms with van der Waals surface area (Å²) in [6.45, 7) is 0. The summed E-state index contributed by atoms with van der Waals surface area (Å²) in [7, 11) is 0. The highest BCUT2D eigenvalue weighted by molar-refractivity contribution is 6.30. The van der Waals surface area contributed by atoms with Crippen LogP contribution in [0, 0.1) is 11.8 Å².